The van der Waals surface area contributed by atoms with Gasteiger partial charge in [-0.25, -0.2) is 0 Å². The Balaban J connectivity index is 3.87. The Bertz CT molecular complexity index is 232. The van der Waals surface area contributed by atoms with Crippen molar-refractivity contribution in [1.82, 2.24) is 0 Å². The minimum atomic E-state index is -3.57. The molecule has 0 saturated carbocycles. The van der Waals surface area contributed by atoms with E-state index < -0.39 is 28.9 Å². The van der Waals surface area contributed by atoms with Crippen molar-refractivity contribution in [3.8, 4) is 0 Å². The molecule has 72 valence electrons. The van der Waals surface area contributed by atoms with E-state index in [1.54, 1.807) is 0 Å². The summed E-state index contributed by atoms with van der Waals surface area (Å²) in [5.74, 6) is 0. The molecule has 0 amide bonds. The van der Waals surface area contributed by atoms with Gasteiger partial charge in [0.1, 0.15) is 12.2 Å². The van der Waals surface area contributed by atoms with Crippen molar-refractivity contribution >= 4 is 10.1 Å². The van der Waals surface area contributed by atoms with Crippen LogP contribution in [0.4, 0.5) is 0 Å². The van der Waals surface area contributed by atoms with Crippen LogP contribution in [0.15, 0.2) is 12.7 Å². The summed E-state index contributed by atoms with van der Waals surface area (Å²) < 4.78 is 25.0. The van der Waals surface area contributed by atoms with E-state index in [1.807, 2.05) is 0 Å². The van der Waals surface area contributed by atoms with Crippen LogP contribution >= 0.6 is 0 Å². The Labute approximate surface area is 71.4 Å². The van der Waals surface area contributed by atoms with Crippen molar-refractivity contribution in [2.45, 2.75) is 12.2 Å². The average Bonchev–Trinajstić information content (AvgIpc) is 1.97. The Hall–Kier alpha value is -0.430. The molecule has 6 heteroatoms. The first-order valence-electron chi connectivity index (χ1n) is 3.20. The molecule has 2 atom stereocenters. The maximum atomic E-state index is 10.4. The molecule has 12 heavy (non-hydrogen) atoms. The van der Waals surface area contributed by atoms with Crippen LogP contribution in [0.2, 0.25) is 0 Å². The van der Waals surface area contributed by atoms with E-state index in [2.05, 4.69) is 10.8 Å². The molecule has 0 aliphatic rings. The Morgan fingerprint density at radius 1 is 1.58 bits per heavy atom. The van der Waals surface area contributed by atoms with Gasteiger partial charge in [-0.05, 0) is 0 Å². The zero-order chi connectivity index (χ0) is 9.78. The molecular formula is C6H12O5S. The molecule has 0 saturated heterocycles. The molecular weight excluding hydrogens is 184 g/mol. The lowest BCUT2D eigenvalue weighted by atomic mass is 10.2. The van der Waals surface area contributed by atoms with Crippen LogP contribution in [0.5, 0.6) is 0 Å². The van der Waals surface area contributed by atoms with Crippen LogP contribution in [-0.4, -0.2) is 43.7 Å². The smallest absolute Gasteiger partial charge is 0.264 e. The van der Waals surface area contributed by atoms with Gasteiger partial charge in [0.15, 0.2) is 0 Å². The van der Waals surface area contributed by atoms with Gasteiger partial charge in [-0.2, -0.15) is 8.42 Å². The minimum Gasteiger partial charge on any atom is -0.388 e. The summed E-state index contributed by atoms with van der Waals surface area (Å²) in [6, 6.07) is 0. The van der Waals surface area contributed by atoms with E-state index >= 15 is 0 Å². The first kappa shape index (κ1) is 11.6. The largest absolute Gasteiger partial charge is 0.388 e. The Morgan fingerprint density at radius 2 is 2.08 bits per heavy atom. The lowest BCUT2D eigenvalue weighted by Crippen LogP contribution is -2.29. The quantitative estimate of drug-likeness (QED) is 0.429. The van der Waals surface area contributed by atoms with Gasteiger partial charge in [-0.15, -0.1) is 6.58 Å². The summed E-state index contributed by atoms with van der Waals surface area (Å²) in [6.07, 6.45) is -0.486. The summed E-state index contributed by atoms with van der Waals surface area (Å²) >= 11 is 0. The van der Waals surface area contributed by atoms with Crippen molar-refractivity contribution in [2.75, 3.05) is 12.9 Å². The van der Waals surface area contributed by atoms with Gasteiger partial charge in [-0.1, -0.05) is 6.08 Å². The van der Waals surface area contributed by atoms with Crippen molar-refractivity contribution in [2.24, 2.45) is 0 Å². The van der Waals surface area contributed by atoms with Crippen LogP contribution in [0, 0.1) is 0 Å². The SMILES string of the molecule is C=C[C@@H](O)[C@@H](O)COS(C)(=O)=O. The normalized spacial score (nSPS) is 16.9. The highest BCUT2D eigenvalue weighted by atomic mass is 32.2. The maximum Gasteiger partial charge on any atom is 0.264 e. The van der Waals surface area contributed by atoms with Crippen LogP contribution in [0.3, 0.4) is 0 Å². The van der Waals surface area contributed by atoms with Gasteiger partial charge in [0.05, 0.1) is 12.9 Å². The fraction of sp³-hybridized carbons (Fsp3) is 0.667. The van der Waals surface area contributed by atoms with E-state index in [0.29, 0.717) is 0 Å². The summed E-state index contributed by atoms with van der Waals surface area (Å²) in [5.41, 5.74) is 0. The molecule has 0 radical (unpaired) electrons. The van der Waals surface area contributed by atoms with E-state index in [4.69, 9.17) is 10.2 Å². The van der Waals surface area contributed by atoms with Gasteiger partial charge in [0, 0.05) is 0 Å². The third kappa shape index (κ3) is 5.25. The second-order valence-corrected chi connectivity index (χ2v) is 3.93. The number of aliphatic hydroxyl groups is 2. The summed E-state index contributed by atoms with van der Waals surface area (Å²) in [7, 11) is -3.57. The highest BCUT2D eigenvalue weighted by Gasteiger charge is 2.15. The van der Waals surface area contributed by atoms with Crippen molar-refractivity contribution in [3.63, 3.8) is 0 Å². The number of aliphatic hydroxyl groups excluding tert-OH is 2. The predicted molar refractivity (Wildman–Crippen MR) is 43.0 cm³/mol. The third-order valence-electron chi connectivity index (χ3n) is 1.09. The molecule has 0 unspecified atom stereocenters. The molecule has 0 aliphatic carbocycles. The van der Waals surface area contributed by atoms with Gasteiger partial charge >= 0.3 is 0 Å². The summed E-state index contributed by atoms with van der Waals surface area (Å²) in [6.45, 7) is 2.74. The van der Waals surface area contributed by atoms with Crippen LogP contribution in [0.25, 0.3) is 0 Å². The molecule has 0 rings (SSSR count). The predicted octanol–water partition coefficient (Wildman–Crippen LogP) is -1.13. The first-order valence-corrected chi connectivity index (χ1v) is 5.01. The number of hydrogen-bond acceptors (Lipinski definition) is 5. The molecule has 0 heterocycles. The lowest BCUT2D eigenvalue weighted by Gasteiger charge is -2.12. The zero-order valence-electron chi connectivity index (χ0n) is 6.67. The molecule has 0 bridgehead atoms. The fourth-order valence-electron chi connectivity index (χ4n) is 0.449. The van der Waals surface area contributed by atoms with Gasteiger partial charge < -0.3 is 10.2 Å². The van der Waals surface area contributed by atoms with Gasteiger partial charge in [0.25, 0.3) is 10.1 Å². The van der Waals surface area contributed by atoms with Crippen molar-refractivity contribution in [3.05, 3.63) is 12.7 Å². The second-order valence-electron chi connectivity index (χ2n) is 2.28. The molecule has 0 aromatic carbocycles. The van der Waals surface area contributed by atoms with E-state index in [9.17, 15) is 8.42 Å². The average molecular weight is 196 g/mol. The highest BCUT2D eigenvalue weighted by Crippen LogP contribution is 1.97. The number of rotatable bonds is 5. The molecule has 0 aliphatic heterocycles. The Morgan fingerprint density at radius 3 is 2.42 bits per heavy atom. The van der Waals surface area contributed by atoms with Gasteiger partial charge in [0.2, 0.25) is 0 Å². The Kier molecular flexibility index (Phi) is 4.40. The monoisotopic (exact) mass is 196 g/mol. The zero-order valence-corrected chi connectivity index (χ0v) is 7.49. The molecule has 0 spiro atoms. The first-order chi connectivity index (χ1) is 5.37. The molecule has 0 aromatic heterocycles. The van der Waals surface area contributed by atoms with Crippen molar-refractivity contribution in [1.29, 1.82) is 0 Å². The standard InChI is InChI=1S/C6H12O5S/c1-3-5(7)6(8)4-11-12(2,9)10/h3,5-8H,1,4H2,2H3/t5-,6+/m1/s1. The summed E-state index contributed by atoms with van der Waals surface area (Å²) in [5, 5.41) is 17.9. The molecule has 2 N–H and O–H groups in total. The van der Waals surface area contributed by atoms with E-state index in [-0.39, 0.29) is 0 Å². The topological polar surface area (TPSA) is 83.8 Å². The van der Waals surface area contributed by atoms with Crippen LogP contribution in [-0.2, 0) is 14.3 Å². The van der Waals surface area contributed by atoms with Crippen molar-refractivity contribution < 1.29 is 22.8 Å². The third-order valence-corrected chi connectivity index (χ3v) is 1.65. The molecule has 0 fully saturated rings. The fourth-order valence-corrected chi connectivity index (χ4v) is 0.836. The maximum absolute atomic E-state index is 10.4. The van der Waals surface area contributed by atoms with Gasteiger partial charge in [-0.3, -0.25) is 4.18 Å². The highest BCUT2D eigenvalue weighted by molar-refractivity contribution is 7.85. The number of hydrogen-bond donors (Lipinski definition) is 2. The van der Waals surface area contributed by atoms with E-state index in [0.717, 1.165) is 12.3 Å². The minimum absolute atomic E-state index is 0.466. The second kappa shape index (κ2) is 4.56. The molecule has 0 aromatic rings. The lowest BCUT2D eigenvalue weighted by molar-refractivity contribution is 0.0186. The van der Waals surface area contributed by atoms with E-state index in [1.165, 1.54) is 0 Å². The van der Waals surface area contributed by atoms with Crippen LogP contribution in [0.1, 0.15) is 0 Å². The van der Waals surface area contributed by atoms with Crippen LogP contribution < -0.4 is 0 Å². The summed E-state index contributed by atoms with van der Waals surface area (Å²) in [4.78, 5) is 0. The molecule has 5 nitrogen and oxygen atoms in total.